The van der Waals surface area contributed by atoms with E-state index < -0.39 is 15.9 Å². The molecule has 178 valence electrons. The molecule has 0 radical (unpaired) electrons. The van der Waals surface area contributed by atoms with Crippen LogP contribution in [-0.2, 0) is 20.6 Å². The first-order valence-electron chi connectivity index (χ1n) is 11.0. The number of hydrogen-bond acceptors (Lipinski definition) is 4. The standard InChI is InChI=1S/C23H26Cl2FN3O3S/c24-19-6-3-7-20(25)18(19)16-33(31,32)29-10-4-5-17(15-29)23(30)28-13-11-27(12-14-28)22-9-2-1-8-21(22)26/h1-3,6-9,17H,4-5,10-16H2/t17-/m0/s1. The lowest BCUT2D eigenvalue weighted by atomic mass is 9.97. The van der Waals surface area contributed by atoms with Gasteiger partial charge in [0.1, 0.15) is 5.82 Å². The summed E-state index contributed by atoms with van der Waals surface area (Å²) in [4.78, 5) is 16.9. The van der Waals surface area contributed by atoms with Gasteiger partial charge in [-0.15, -0.1) is 0 Å². The maximum absolute atomic E-state index is 14.1. The van der Waals surface area contributed by atoms with Crippen LogP contribution in [0.5, 0.6) is 0 Å². The van der Waals surface area contributed by atoms with Crippen LogP contribution in [0.25, 0.3) is 0 Å². The molecule has 6 nitrogen and oxygen atoms in total. The molecule has 2 aromatic carbocycles. The van der Waals surface area contributed by atoms with Gasteiger partial charge in [-0.2, -0.15) is 0 Å². The molecule has 0 saturated carbocycles. The van der Waals surface area contributed by atoms with Crippen LogP contribution in [-0.4, -0.2) is 62.8 Å². The van der Waals surface area contributed by atoms with E-state index in [0.717, 1.165) is 0 Å². The minimum absolute atomic E-state index is 0.0427. The highest BCUT2D eigenvalue weighted by Crippen LogP contribution is 2.29. The Morgan fingerprint density at radius 2 is 1.64 bits per heavy atom. The summed E-state index contributed by atoms with van der Waals surface area (Å²) in [5, 5.41) is 0.617. The first-order chi connectivity index (χ1) is 15.8. The van der Waals surface area contributed by atoms with Crippen LogP contribution < -0.4 is 4.90 Å². The number of halogens is 3. The second-order valence-corrected chi connectivity index (χ2v) is 11.2. The number of hydrogen-bond donors (Lipinski definition) is 0. The van der Waals surface area contributed by atoms with Crippen LogP contribution in [0.2, 0.25) is 10.0 Å². The zero-order valence-corrected chi connectivity index (χ0v) is 20.4. The number of benzene rings is 2. The molecular weight excluding hydrogens is 488 g/mol. The minimum atomic E-state index is -3.68. The van der Waals surface area contributed by atoms with Gasteiger partial charge in [-0.1, -0.05) is 41.4 Å². The van der Waals surface area contributed by atoms with Crippen molar-refractivity contribution in [3.05, 3.63) is 63.9 Å². The fraction of sp³-hybridized carbons (Fsp3) is 0.435. The number of sulfonamides is 1. The fourth-order valence-corrected chi connectivity index (χ4v) is 6.84. The normalized spacial score (nSPS) is 20.2. The second-order valence-electron chi connectivity index (χ2n) is 8.42. The molecule has 0 unspecified atom stereocenters. The van der Waals surface area contributed by atoms with Gasteiger partial charge in [0.2, 0.25) is 15.9 Å². The lowest BCUT2D eigenvalue weighted by Crippen LogP contribution is -2.53. The Morgan fingerprint density at radius 1 is 0.970 bits per heavy atom. The van der Waals surface area contributed by atoms with Crippen LogP contribution in [0.4, 0.5) is 10.1 Å². The van der Waals surface area contributed by atoms with E-state index >= 15 is 0 Å². The molecule has 2 heterocycles. The van der Waals surface area contributed by atoms with Crippen molar-refractivity contribution < 1.29 is 17.6 Å². The summed E-state index contributed by atoms with van der Waals surface area (Å²) in [6.45, 7) is 2.54. The van der Waals surface area contributed by atoms with E-state index in [4.69, 9.17) is 23.2 Å². The van der Waals surface area contributed by atoms with E-state index in [-0.39, 0.29) is 24.0 Å². The largest absolute Gasteiger partial charge is 0.366 e. The number of carbonyl (C=O) groups excluding carboxylic acids is 1. The summed E-state index contributed by atoms with van der Waals surface area (Å²) in [6, 6.07) is 11.5. The van der Waals surface area contributed by atoms with E-state index in [1.165, 1.54) is 10.4 Å². The van der Waals surface area contributed by atoms with Gasteiger partial charge in [0, 0.05) is 54.9 Å². The Balaban J connectivity index is 1.38. The molecule has 2 aliphatic heterocycles. The molecule has 0 bridgehead atoms. The molecule has 4 rings (SSSR count). The van der Waals surface area contributed by atoms with Gasteiger partial charge in [-0.25, -0.2) is 17.1 Å². The van der Waals surface area contributed by atoms with Crippen LogP contribution in [0, 0.1) is 11.7 Å². The second kappa shape index (κ2) is 10.2. The Bertz CT molecular complexity index is 1100. The number of carbonyl (C=O) groups is 1. The van der Waals surface area contributed by atoms with Crippen LogP contribution in [0.15, 0.2) is 42.5 Å². The highest BCUT2D eigenvalue weighted by molar-refractivity contribution is 7.88. The van der Waals surface area contributed by atoms with Gasteiger partial charge in [0.05, 0.1) is 17.4 Å². The molecule has 0 N–H and O–H groups in total. The lowest BCUT2D eigenvalue weighted by Gasteiger charge is -2.39. The maximum atomic E-state index is 14.1. The Hall–Kier alpha value is -1.87. The van der Waals surface area contributed by atoms with Crippen LogP contribution in [0.3, 0.4) is 0 Å². The van der Waals surface area contributed by atoms with E-state index in [0.29, 0.717) is 66.9 Å². The summed E-state index contributed by atoms with van der Waals surface area (Å²) >= 11 is 12.3. The number of amides is 1. The summed E-state index contributed by atoms with van der Waals surface area (Å²) in [5.41, 5.74) is 0.913. The number of nitrogens with zero attached hydrogens (tertiary/aromatic N) is 3. The number of piperazine rings is 1. The van der Waals surface area contributed by atoms with E-state index in [2.05, 4.69) is 0 Å². The van der Waals surface area contributed by atoms with Gasteiger partial charge < -0.3 is 9.80 Å². The third-order valence-corrected chi connectivity index (χ3v) is 8.78. The molecule has 0 spiro atoms. The first kappa shape index (κ1) is 24.3. The molecular formula is C23H26Cl2FN3O3S. The average molecular weight is 514 g/mol. The predicted octanol–water partition coefficient (Wildman–Crippen LogP) is 4.02. The minimum Gasteiger partial charge on any atom is -0.366 e. The Morgan fingerprint density at radius 3 is 2.30 bits per heavy atom. The van der Waals surface area contributed by atoms with Gasteiger partial charge in [-0.3, -0.25) is 4.79 Å². The number of para-hydroxylation sites is 1. The van der Waals surface area contributed by atoms with Crippen molar-refractivity contribution in [3.63, 3.8) is 0 Å². The smallest absolute Gasteiger partial charge is 0.227 e. The molecule has 0 aliphatic carbocycles. The molecule has 2 aromatic rings. The number of rotatable bonds is 5. The number of piperidine rings is 1. The molecule has 2 saturated heterocycles. The highest BCUT2D eigenvalue weighted by atomic mass is 35.5. The molecule has 2 aliphatic rings. The van der Waals surface area contributed by atoms with E-state index in [1.54, 1.807) is 41.3 Å². The van der Waals surface area contributed by atoms with Gasteiger partial charge >= 0.3 is 0 Å². The predicted molar refractivity (Wildman–Crippen MR) is 129 cm³/mol. The van der Waals surface area contributed by atoms with Gasteiger partial charge in [0.15, 0.2) is 0 Å². The molecule has 10 heteroatoms. The Labute approximate surface area is 203 Å². The summed E-state index contributed by atoms with van der Waals surface area (Å²) in [7, 11) is -3.68. The third-order valence-electron chi connectivity index (χ3n) is 6.30. The van der Waals surface area contributed by atoms with Crippen LogP contribution in [0.1, 0.15) is 18.4 Å². The van der Waals surface area contributed by atoms with Crippen molar-refractivity contribution in [1.29, 1.82) is 0 Å². The van der Waals surface area contributed by atoms with Crippen molar-refractivity contribution in [2.75, 3.05) is 44.2 Å². The summed E-state index contributed by atoms with van der Waals surface area (Å²) in [5.74, 6) is -1.01. The van der Waals surface area contributed by atoms with Crippen LogP contribution >= 0.6 is 23.2 Å². The summed E-state index contributed by atoms with van der Waals surface area (Å²) < 4.78 is 41.6. The average Bonchev–Trinajstić information content (AvgIpc) is 2.82. The number of anilines is 1. The highest BCUT2D eigenvalue weighted by Gasteiger charge is 2.35. The van der Waals surface area contributed by atoms with Crippen molar-refractivity contribution in [2.45, 2.75) is 18.6 Å². The molecule has 0 aromatic heterocycles. The molecule has 1 atom stereocenters. The van der Waals surface area contributed by atoms with Crippen molar-refractivity contribution in [2.24, 2.45) is 5.92 Å². The zero-order valence-electron chi connectivity index (χ0n) is 18.1. The molecule has 33 heavy (non-hydrogen) atoms. The van der Waals surface area contributed by atoms with Gasteiger partial charge in [0.25, 0.3) is 0 Å². The fourth-order valence-electron chi connectivity index (χ4n) is 4.47. The monoisotopic (exact) mass is 513 g/mol. The SMILES string of the molecule is O=C([C@H]1CCCN(S(=O)(=O)Cc2c(Cl)cccc2Cl)C1)N1CCN(c2ccccc2F)CC1. The zero-order chi connectivity index (χ0) is 23.6. The lowest BCUT2D eigenvalue weighted by molar-refractivity contribution is -0.137. The molecule has 1 amide bonds. The quantitative estimate of drug-likeness (QED) is 0.605. The first-order valence-corrected chi connectivity index (χ1v) is 13.3. The maximum Gasteiger partial charge on any atom is 0.227 e. The third kappa shape index (κ3) is 5.45. The van der Waals surface area contributed by atoms with Gasteiger partial charge in [-0.05, 0) is 37.1 Å². The summed E-state index contributed by atoms with van der Waals surface area (Å²) in [6.07, 6.45) is 1.26. The Kier molecular flexibility index (Phi) is 7.48. The van der Waals surface area contributed by atoms with E-state index in [1.807, 2.05) is 4.90 Å². The van der Waals surface area contributed by atoms with Crippen molar-refractivity contribution in [3.8, 4) is 0 Å². The van der Waals surface area contributed by atoms with Crippen molar-refractivity contribution >= 4 is 44.8 Å². The topological polar surface area (TPSA) is 60.9 Å². The molecule has 2 fully saturated rings. The van der Waals surface area contributed by atoms with Crippen molar-refractivity contribution in [1.82, 2.24) is 9.21 Å². The van der Waals surface area contributed by atoms with E-state index in [9.17, 15) is 17.6 Å².